The van der Waals surface area contributed by atoms with Crippen LogP contribution in [0.1, 0.15) is 63.7 Å². The van der Waals surface area contributed by atoms with E-state index >= 15 is 0 Å². The molecule has 0 bridgehead atoms. The SMILES string of the molecule is C=Cc1nc2cc3c(nc2s1)CCCC3.CC.CC(C)C. The molecule has 3 rings (SSSR count). The van der Waals surface area contributed by atoms with E-state index in [2.05, 4.69) is 38.4 Å². The van der Waals surface area contributed by atoms with Crippen molar-refractivity contribution in [2.75, 3.05) is 0 Å². The van der Waals surface area contributed by atoms with Gasteiger partial charge in [-0.3, -0.25) is 0 Å². The van der Waals surface area contributed by atoms with E-state index in [1.54, 1.807) is 17.4 Å². The first-order chi connectivity index (χ1) is 10.1. The van der Waals surface area contributed by atoms with Gasteiger partial charge in [0.05, 0.1) is 0 Å². The van der Waals surface area contributed by atoms with Gasteiger partial charge in [-0.05, 0) is 49.3 Å². The zero-order valence-corrected chi connectivity index (χ0v) is 14.9. The summed E-state index contributed by atoms with van der Waals surface area (Å²) in [6, 6.07) is 2.21. The Kier molecular flexibility index (Phi) is 7.58. The van der Waals surface area contributed by atoms with Crippen molar-refractivity contribution in [1.29, 1.82) is 0 Å². The Bertz CT molecular complexity index is 524. The summed E-state index contributed by atoms with van der Waals surface area (Å²) in [5.74, 6) is 0.833. The number of rotatable bonds is 1. The van der Waals surface area contributed by atoms with Crippen LogP contribution in [0, 0.1) is 5.92 Å². The molecular weight excluding hydrogens is 276 g/mol. The maximum absolute atomic E-state index is 4.69. The van der Waals surface area contributed by atoms with E-state index in [0.29, 0.717) is 0 Å². The molecule has 0 N–H and O–H groups in total. The number of hydrogen-bond acceptors (Lipinski definition) is 3. The normalized spacial score (nSPS) is 12.9. The predicted molar refractivity (Wildman–Crippen MR) is 96.0 cm³/mol. The van der Waals surface area contributed by atoms with Crippen LogP contribution in [0.2, 0.25) is 0 Å². The maximum atomic E-state index is 4.69. The van der Waals surface area contributed by atoms with Crippen LogP contribution in [-0.4, -0.2) is 9.97 Å². The molecule has 2 nitrogen and oxygen atoms in total. The van der Waals surface area contributed by atoms with Crippen molar-refractivity contribution in [2.24, 2.45) is 5.92 Å². The fraction of sp³-hybridized carbons (Fsp3) is 0.556. The third-order valence-electron chi connectivity index (χ3n) is 2.85. The summed E-state index contributed by atoms with van der Waals surface area (Å²) in [5, 5.41) is 0.972. The molecule has 2 heterocycles. The Hall–Kier alpha value is -1.22. The molecule has 0 atom stereocenters. The van der Waals surface area contributed by atoms with Crippen LogP contribution >= 0.6 is 11.3 Å². The summed E-state index contributed by atoms with van der Waals surface area (Å²) in [7, 11) is 0. The van der Waals surface area contributed by atoms with Gasteiger partial charge in [0.2, 0.25) is 0 Å². The second kappa shape index (κ2) is 8.93. The van der Waals surface area contributed by atoms with Gasteiger partial charge < -0.3 is 0 Å². The van der Waals surface area contributed by atoms with Crippen molar-refractivity contribution in [3.63, 3.8) is 0 Å². The average molecular weight is 305 g/mol. The number of fused-ring (bicyclic) bond motifs is 2. The van der Waals surface area contributed by atoms with Crippen molar-refractivity contribution in [3.05, 3.63) is 28.9 Å². The molecule has 0 spiro atoms. The van der Waals surface area contributed by atoms with Crippen molar-refractivity contribution in [1.82, 2.24) is 9.97 Å². The minimum Gasteiger partial charge on any atom is -0.240 e. The van der Waals surface area contributed by atoms with Crippen molar-refractivity contribution < 1.29 is 0 Å². The lowest BCUT2D eigenvalue weighted by Crippen LogP contribution is -2.04. The molecule has 2 aromatic rings. The van der Waals surface area contributed by atoms with Crippen molar-refractivity contribution in [2.45, 2.75) is 60.3 Å². The van der Waals surface area contributed by atoms with E-state index in [9.17, 15) is 0 Å². The van der Waals surface area contributed by atoms with Crippen LogP contribution in [0.15, 0.2) is 12.6 Å². The lowest BCUT2D eigenvalue weighted by molar-refractivity contribution is 0.671. The molecule has 0 amide bonds. The van der Waals surface area contributed by atoms with Gasteiger partial charge in [0.25, 0.3) is 0 Å². The number of aromatic nitrogens is 2. The van der Waals surface area contributed by atoms with Crippen molar-refractivity contribution >= 4 is 27.8 Å². The number of pyridine rings is 1. The van der Waals surface area contributed by atoms with Crippen LogP contribution in [0.5, 0.6) is 0 Å². The zero-order valence-electron chi connectivity index (χ0n) is 14.1. The van der Waals surface area contributed by atoms with Gasteiger partial charge in [0.15, 0.2) is 0 Å². The Morgan fingerprint density at radius 3 is 2.38 bits per heavy atom. The fourth-order valence-electron chi connectivity index (χ4n) is 2.09. The summed E-state index contributed by atoms with van der Waals surface area (Å²) in [5.41, 5.74) is 3.72. The van der Waals surface area contributed by atoms with Gasteiger partial charge in [-0.2, -0.15) is 0 Å². The summed E-state index contributed by atoms with van der Waals surface area (Å²) >= 11 is 1.63. The molecule has 1 aliphatic rings. The first-order valence-electron chi connectivity index (χ1n) is 8.02. The first kappa shape index (κ1) is 17.8. The van der Waals surface area contributed by atoms with E-state index in [4.69, 9.17) is 4.98 Å². The average Bonchev–Trinajstić information content (AvgIpc) is 2.88. The highest BCUT2D eigenvalue weighted by Gasteiger charge is 2.13. The molecular formula is C18H28N2S. The molecule has 0 saturated heterocycles. The summed E-state index contributed by atoms with van der Waals surface area (Å²) in [6.45, 7) is 14.2. The second-order valence-electron chi connectivity index (χ2n) is 5.61. The van der Waals surface area contributed by atoms with Crippen molar-refractivity contribution in [3.8, 4) is 0 Å². The van der Waals surface area contributed by atoms with E-state index in [-0.39, 0.29) is 0 Å². The van der Waals surface area contributed by atoms with Gasteiger partial charge in [-0.25, -0.2) is 9.97 Å². The highest BCUT2D eigenvalue weighted by molar-refractivity contribution is 7.18. The lowest BCUT2D eigenvalue weighted by Gasteiger charge is -2.13. The molecule has 0 unspecified atom stereocenters. The van der Waals surface area contributed by atoms with E-state index in [1.807, 2.05) is 13.8 Å². The second-order valence-corrected chi connectivity index (χ2v) is 6.62. The molecule has 2 aromatic heterocycles. The minimum absolute atomic E-state index is 0.833. The Morgan fingerprint density at radius 2 is 1.76 bits per heavy atom. The van der Waals surface area contributed by atoms with E-state index in [1.165, 1.54) is 30.5 Å². The Labute approximate surface area is 133 Å². The van der Waals surface area contributed by atoms with Crippen LogP contribution in [0.25, 0.3) is 16.4 Å². The number of hydrogen-bond donors (Lipinski definition) is 0. The van der Waals surface area contributed by atoms with Crippen LogP contribution in [0.4, 0.5) is 0 Å². The predicted octanol–water partition coefficient (Wildman–Crippen LogP) is 5.90. The maximum Gasteiger partial charge on any atom is 0.144 e. The summed E-state index contributed by atoms with van der Waals surface area (Å²) < 4.78 is 0. The highest BCUT2D eigenvalue weighted by Crippen LogP contribution is 2.27. The van der Waals surface area contributed by atoms with E-state index < -0.39 is 0 Å². The molecule has 116 valence electrons. The quantitative estimate of drug-likeness (QED) is 0.655. The van der Waals surface area contributed by atoms with Crippen LogP contribution in [0.3, 0.4) is 0 Å². The topological polar surface area (TPSA) is 25.8 Å². The highest BCUT2D eigenvalue weighted by atomic mass is 32.1. The van der Waals surface area contributed by atoms with Gasteiger partial charge >= 0.3 is 0 Å². The molecule has 0 fully saturated rings. The smallest absolute Gasteiger partial charge is 0.144 e. The van der Waals surface area contributed by atoms with Gasteiger partial charge in [0.1, 0.15) is 15.4 Å². The molecule has 0 saturated carbocycles. The molecule has 0 aliphatic heterocycles. The third kappa shape index (κ3) is 5.24. The summed E-state index contributed by atoms with van der Waals surface area (Å²) in [6.07, 6.45) is 6.66. The molecule has 1 aliphatic carbocycles. The van der Waals surface area contributed by atoms with Gasteiger partial charge in [-0.1, -0.05) is 52.5 Å². The third-order valence-corrected chi connectivity index (χ3v) is 3.81. The fourth-order valence-corrected chi connectivity index (χ4v) is 2.88. The Morgan fingerprint density at radius 1 is 1.14 bits per heavy atom. The number of aryl methyl sites for hydroxylation is 2. The molecule has 3 heteroatoms. The van der Waals surface area contributed by atoms with Gasteiger partial charge in [-0.15, -0.1) is 0 Å². The Balaban J connectivity index is 0.000000322. The zero-order chi connectivity index (χ0) is 15.8. The standard InChI is InChI=1S/C12H12N2S.C4H10.C2H6/c1-2-11-13-10-7-8-5-3-4-6-9(8)14-12(10)15-11;1-4(2)3;1-2/h2,7H,1,3-6H2;4H,1-3H3;1-2H3. The van der Waals surface area contributed by atoms with Crippen LogP contribution < -0.4 is 0 Å². The first-order valence-corrected chi connectivity index (χ1v) is 8.83. The number of nitrogens with zero attached hydrogens (tertiary/aromatic N) is 2. The molecule has 21 heavy (non-hydrogen) atoms. The van der Waals surface area contributed by atoms with Gasteiger partial charge in [0, 0.05) is 5.69 Å². The molecule has 0 aromatic carbocycles. The summed E-state index contributed by atoms with van der Waals surface area (Å²) in [4.78, 5) is 10.2. The lowest BCUT2D eigenvalue weighted by atomic mass is 9.96. The minimum atomic E-state index is 0.833. The monoisotopic (exact) mass is 304 g/mol. The largest absolute Gasteiger partial charge is 0.240 e. The van der Waals surface area contributed by atoms with E-state index in [0.717, 1.165) is 27.7 Å². The van der Waals surface area contributed by atoms with Crippen LogP contribution in [-0.2, 0) is 12.8 Å². The number of thiazole rings is 1. The molecule has 0 radical (unpaired) electrons.